The van der Waals surface area contributed by atoms with Gasteiger partial charge in [-0.05, 0) is 30.3 Å². The first-order valence-electron chi connectivity index (χ1n) is 9.28. The summed E-state index contributed by atoms with van der Waals surface area (Å²) in [5, 5.41) is 3.73. The lowest BCUT2D eigenvalue weighted by molar-refractivity contribution is -0.119. The maximum absolute atomic E-state index is 12.3. The van der Waals surface area contributed by atoms with Gasteiger partial charge in [0.2, 0.25) is 0 Å². The normalized spacial score (nSPS) is 14.0. The van der Waals surface area contributed by atoms with Gasteiger partial charge >= 0.3 is 5.97 Å². The SMILES string of the molecule is O=C(COC(=O)c1[nH]c2ccccc2c1Cl)Nc1ccc(N2CCOCC2)cc1. The molecule has 1 amide bonds. The summed E-state index contributed by atoms with van der Waals surface area (Å²) in [7, 11) is 0. The van der Waals surface area contributed by atoms with Crippen LogP contribution in [0, 0.1) is 0 Å². The van der Waals surface area contributed by atoms with Crippen LogP contribution in [0.2, 0.25) is 5.02 Å². The fourth-order valence-electron chi connectivity index (χ4n) is 3.23. The Kier molecular flexibility index (Phi) is 5.69. The lowest BCUT2D eigenvalue weighted by Crippen LogP contribution is -2.36. The summed E-state index contributed by atoms with van der Waals surface area (Å²) in [6.45, 7) is 2.71. The Bertz CT molecular complexity index is 1030. The van der Waals surface area contributed by atoms with Crippen LogP contribution in [0.15, 0.2) is 48.5 Å². The Balaban J connectivity index is 1.32. The number of morpholine rings is 1. The molecule has 0 atom stereocenters. The summed E-state index contributed by atoms with van der Waals surface area (Å²) in [4.78, 5) is 29.6. The van der Waals surface area contributed by atoms with E-state index in [9.17, 15) is 9.59 Å². The molecule has 7 nitrogen and oxygen atoms in total. The quantitative estimate of drug-likeness (QED) is 0.626. The van der Waals surface area contributed by atoms with Gasteiger partial charge in [-0.1, -0.05) is 29.8 Å². The van der Waals surface area contributed by atoms with E-state index in [-0.39, 0.29) is 10.7 Å². The van der Waals surface area contributed by atoms with Crippen LogP contribution in [0.5, 0.6) is 0 Å². The van der Waals surface area contributed by atoms with Gasteiger partial charge in [0.15, 0.2) is 6.61 Å². The van der Waals surface area contributed by atoms with E-state index in [2.05, 4.69) is 15.2 Å². The summed E-state index contributed by atoms with van der Waals surface area (Å²) in [6, 6.07) is 14.8. The first-order chi connectivity index (χ1) is 14.1. The third kappa shape index (κ3) is 4.36. The highest BCUT2D eigenvalue weighted by atomic mass is 35.5. The number of aromatic nitrogens is 1. The number of benzene rings is 2. The number of H-pyrrole nitrogens is 1. The van der Waals surface area contributed by atoms with E-state index < -0.39 is 18.5 Å². The molecular weight excluding hydrogens is 394 g/mol. The van der Waals surface area contributed by atoms with Gasteiger partial charge in [-0.25, -0.2) is 4.79 Å². The van der Waals surface area contributed by atoms with Gasteiger partial charge in [-0.2, -0.15) is 0 Å². The van der Waals surface area contributed by atoms with Gasteiger partial charge in [0.25, 0.3) is 5.91 Å². The third-order valence-electron chi connectivity index (χ3n) is 4.71. The van der Waals surface area contributed by atoms with E-state index in [1.54, 1.807) is 6.07 Å². The smallest absolute Gasteiger partial charge is 0.356 e. The van der Waals surface area contributed by atoms with Crippen molar-refractivity contribution in [2.75, 3.05) is 43.1 Å². The van der Waals surface area contributed by atoms with Crippen LogP contribution in [0.4, 0.5) is 11.4 Å². The van der Waals surface area contributed by atoms with Crippen LogP contribution < -0.4 is 10.2 Å². The Labute approximate surface area is 172 Å². The highest BCUT2D eigenvalue weighted by Crippen LogP contribution is 2.27. The molecule has 2 aromatic carbocycles. The number of ether oxygens (including phenoxy) is 2. The van der Waals surface area contributed by atoms with E-state index in [1.807, 2.05) is 42.5 Å². The van der Waals surface area contributed by atoms with Gasteiger partial charge in [0.1, 0.15) is 5.69 Å². The van der Waals surface area contributed by atoms with E-state index in [0.717, 1.165) is 29.7 Å². The second kappa shape index (κ2) is 8.55. The number of rotatable bonds is 5. The first-order valence-corrected chi connectivity index (χ1v) is 9.65. The Morgan fingerprint density at radius 2 is 1.83 bits per heavy atom. The average molecular weight is 414 g/mol. The zero-order valence-electron chi connectivity index (χ0n) is 15.6. The van der Waals surface area contributed by atoms with Crippen molar-refractivity contribution in [3.05, 3.63) is 59.2 Å². The summed E-state index contributed by atoms with van der Waals surface area (Å²) in [6.07, 6.45) is 0. The monoisotopic (exact) mass is 413 g/mol. The van der Waals surface area contributed by atoms with Gasteiger partial charge in [0.05, 0.1) is 18.2 Å². The molecule has 150 valence electrons. The van der Waals surface area contributed by atoms with Gasteiger partial charge < -0.3 is 24.7 Å². The van der Waals surface area contributed by atoms with Crippen LogP contribution in [0.1, 0.15) is 10.5 Å². The number of nitrogens with one attached hydrogen (secondary N) is 2. The van der Waals surface area contributed by atoms with Crippen molar-refractivity contribution in [2.24, 2.45) is 0 Å². The molecular formula is C21H20ClN3O4. The van der Waals surface area contributed by atoms with Gasteiger partial charge in [0, 0.05) is 35.4 Å². The van der Waals surface area contributed by atoms with Crippen LogP contribution in [0.25, 0.3) is 10.9 Å². The lowest BCUT2D eigenvalue weighted by Gasteiger charge is -2.28. The number of carbonyl (C=O) groups excluding carboxylic acids is 2. The van der Waals surface area contributed by atoms with Crippen LogP contribution in [0.3, 0.4) is 0 Å². The van der Waals surface area contributed by atoms with Crippen molar-refractivity contribution in [3.8, 4) is 0 Å². The highest BCUT2D eigenvalue weighted by Gasteiger charge is 2.18. The molecule has 2 heterocycles. The molecule has 0 spiro atoms. The molecule has 3 aromatic rings. The second-order valence-corrected chi connectivity index (χ2v) is 7.01. The third-order valence-corrected chi connectivity index (χ3v) is 5.10. The Morgan fingerprint density at radius 1 is 1.10 bits per heavy atom. The minimum Gasteiger partial charge on any atom is -0.451 e. The zero-order valence-corrected chi connectivity index (χ0v) is 16.4. The Hall–Kier alpha value is -3.03. The minimum atomic E-state index is -0.677. The summed E-state index contributed by atoms with van der Waals surface area (Å²) in [5.74, 6) is -1.10. The topological polar surface area (TPSA) is 83.7 Å². The zero-order chi connectivity index (χ0) is 20.2. The van der Waals surface area contributed by atoms with Crippen molar-refractivity contribution in [2.45, 2.75) is 0 Å². The summed E-state index contributed by atoms with van der Waals surface area (Å²) >= 11 is 6.23. The number of para-hydroxylation sites is 1. The molecule has 8 heteroatoms. The predicted molar refractivity (Wildman–Crippen MR) is 112 cm³/mol. The first kappa shape index (κ1) is 19.3. The van der Waals surface area contributed by atoms with Crippen LogP contribution in [-0.2, 0) is 14.3 Å². The number of anilines is 2. The molecule has 0 bridgehead atoms. The molecule has 1 aromatic heterocycles. The fourth-order valence-corrected chi connectivity index (χ4v) is 3.52. The molecule has 0 aliphatic carbocycles. The largest absolute Gasteiger partial charge is 0.451 e. The number of halogens is 1. The van der Waals surface area contributed by atoms with E-state index in [0.29, 0.717) is 18.9 Å². The molecule has 1 aliphatic rings. The molecule has 1 saturated heterocycles. The standard InChI is InChI=1S/C21H20ClN3O4/c22-19-16-3-1-2-4-17(16)24-20(19)21(27)29-13-18(26)23-14-5-7-15(8-6-14)25-9-11-28-12-10-25/h1-8,24H,9-13H2,(H,23,26). The lowest BCUT2D eigenvalue weighted by atomic mass is 10.2. The number of nitrogens with zero attached hydrogens (tertiary/aromatic N) is 1. The maximum Gasteiger partial charge on any atom is 0.356 e. The number of carbonyl (C=O) groups is 2. The Morgan fingerprint density at radius 3 is 2.55 bits per heavy atom. The van der Waals surface area contributed by atoms with E-state index >= 15 is 0 Å². The van der Waals surface area contributed by atoms with Crippen molar-refractivity contribution < 1.29 is 19.1 Å². The molecule has 0 saturated carbocycles. The van der Waals surface area contributed by atoms with Crippen molar-refractivity contribution >= 4 is 45.8 Å². The number of fused-ring (bicyclic) bond motifs is 1. The highest BCUT2D eigenvalue weighted by molar-refractivity contribution is 6.38. The van der Waals surface area contributed by atoms with Crippen molar-refractivity contribution in [1.82, 2.24) is 4.98 Å². The molecule has 0 unspecified atom stereocenters. The number of amides is 1. The number of aromatic amines is 1. The predicted octanol–water partition coefficient (Wildman–Crippen LogP) is 3.45. The summed E-state index contributed by atoms with van der Waals surface area (Å²) in [5.41, 5.74) is 2.57. The molecule has 1 aliphatic heterocycles. The maximum atomic E-state index is 12.3. The van der Waals surface area contributed by atoms with Crippen molar-refractivity contribution in [1.29, 1.82) is 0 Å². The van der Waals surface area contributed by atoms with Gasteiger partial charge in [-0.3, -0.25) is 4.79 Å². The number of esters is 1. The average Bonchev–Trinajstić information content (AvgIpc) is 3.10. The minimum absolute atomic E-state index is 0.135. The van der Waals surface area contributed by atoms with Crippen LogP contribution >= 0.6 is 11.6 Å². The van der Waals surface area contributed by atoms with Gasteiger partial charge in [-0.15, -0.1) is 0 Å². The van der Waals surface area contributed by atoms with Crippen molar-refractivity contribution in [3.63, 3.8) is 0 Å². The number of hydrogen-bond acceptors (Lipinski definition) is 5. The van der Waals surface area contributed by atoms with Crippen LogP contribution in [-0.4, -0.2) is 49.8 Å². The second-order valence-electron chi connectivity index (χ2n) is 6.63. The number of hydrogen-bond donors (Lipinski definition) is 2. The molecule has 1 fully saturated rings. The van der Waals surface area contributed by atoms with E-state index in [1.165, 1.54) is 0 Å². The molecule has 2 N–H and O–H groups in total. The van der Waals surface area contributed by atoms with E-state index in [4.69, 9.17) is 21.1 Å². The molecule has 0 radical (unpaired) electrons. The fraction of sp³-hybridized carbons (Fsp3) is 0.238. The summed E-state index contributed by atoms with van der Waals surface area (Å²) < 4.78 is 10.5. The molecule has 4 rings (SSSR count). The molecule has 29 heavy (non-hydrogen) atoms.